The van der Waals surface area contributed by atoms with Crippen LogP contribution in [-0.2, 0) is 10.1 Å². The SMILES string of the molecule is CCCCCCCCC(CCCCO)S(=O)(=O)O. The van der Waals surface area contributed by atoms with Gasteiger partial charge in [-0.05, 0) is 25.7 Å². The predicted octanol–water partition coefficient (Wildman–Crippen LogP) is 3.16. The Kier molecular flexibility index (Phi) is 10.7. The molecule has 0 saturated heterocycles. The van der Waals surface area contributed by atoms with Crippen LogP contribution in [0.2, 0.25) is 0 Å². The van der Waals surface area contributed by atoms with E-state index < -0.39 is 15.4 Å². The van der Waals surface area contributed by atoms with E-state index in [-0.39, 0.29) is 6.61 Å². The van der Waals surface area contributed by atoms with E-state index in [1.54, 1.807) is 0 Å². The lowest BCUT2D eigenvalue weighted by Gasteiger charge is -2.13. The van der Waals surface area contributed by atoms with Crippen LogP contribution in [-0.4, -0.2) is 29.9 Å². The van der Waals surface area contributed by atoms with Crippen molar-refractivity contribution in [2.24, 2.45) is 0 Å². The number of hydrogen-bond acceptors (Lipinski definition) is 3. The van der Waals surface area contributed by atoms with Crippen LogP contribution in [0.3, 0.4) is 0 Å². The van der Waals surface area contributed by atoms with E-state index in [0.717, 1.165) is 19.3 Å². The van der Waals surface area contributed by atoms with E-state index >= 15 is 0 Å². The van der Waals surface area contributed by atoms with Gasteiger partial charge in [0.1, 0.15) is 0 Å². The van der Waals surface area contributed by atoms with Crippen LogP contribution in [0.1, 0.15) is 71.1 Å². The van der Waals surface area contributed by atoms with Crippen molar-refractivity contribution in [2.75, 3.05) is 6.61 Å². The molecule has 110 valence electrons. The zero-order chi connectivity index (χ0) is 13.9. The van der Waals surface area contributed by atoms with Crippen molar-refractivity contribution < 1.29 is 18.1 Å². The van der Waals surface area contributed by atoms with E-state index in [2.05, 4.69) is 6.92 Å². The first-order valence-corrected chi connectivity index (χ1v) is 8.59. The summed E-state index contributed by atoms with van der Waals surface area (Å²) in [4.78, 5) is 0. The molecule has 0 aliphatic rings. The summed E-state index contributed by atoms with van der Waals surface area (Å²) in [6.07, 6.45) is 8.91. The average molecular weight is 280 g/mol. The van der Waals surface area contributed by atoms with Crippen LogP contribution in [0.25, 0.3) is 0 Å². The maximum absolute atomic E-state index is 11.2. The topological polar surface area (TPSA) is 74.6 Å². The summed E-state index contributed by atoms with van der Waals surface area (Å²) in [5.74, 6) is 0. The molecule has 0 aliphatic carbocycles. The van der Waals surface area contributed by atoms with Crippen LogP contribution >= 0.6 is 0 Å². The summed E-state index contributed by atoms with van der Waals surface area (Å²) in [6, 6.07) is 0. The lowest BCUT2D eigenvalue weighted by atomic mass is 10.1. The minimum Gasteiger partial charge on any atom is -0.396 e. The van der Waals surface area contributed by atoms with E-state index in [1.807, 2.05) is 0 Å². The van der Waals surface area contributed by atoms with Gasteiger partial charge in [-0.2, -0.15) is 8.42 Å². The van der Waals surface area contributed by atoms with Crippen LogP contribution in [0.5, 0.6) is 0 Å². The molecule has 5 heteroatoms. The molecule has 0 aromatic heterocycles. The maximum atomic E-state index is 11.2. The first-order chi connectivity index (χ1) is 8.52. The highest BCUT2D eigenvalue weighted by molar-refractivity contribution is 7.86. The third kappa shape index (κ3) is 9.85. The van der Waals surface area contributed by atoms with Gasteiger partial charge in [0.2, 0.25) is 0 Å². The maximum Gasteiger partial charge on any atom is 0.267 e. The van der Waals surface area contributed by atoms with Crippen molar-refractivity contribution in [3.05, 3.63) is 0 Å². The Morgan fingerprint density at radius 2 is 1.39 bits per heavy atom. The first-order valence-electron chi connectivity index (χ1n) is 7.09. The minimum absolute atomic E-state index is 0.0786. The van der Waals surface area contributed by atoms with Crippen LogP contribution in [0, 0.1) is 0 Å². The van der Waals surface area contributed by atoms with Crippen LogP contribution in [0.15, 0.2) is 0 Å². The average Bonchev–Trinajstić information content (AvgIpc) is 2.30. The van der Waals surface area contributed by atoms with E-state index in [1.165, 1.54) is 19.3 Å². The van der Waals surface area contributed by atoms with Crippen molar-refractivity contribution in [2.45, 2.75) is 76.4 Å². The molecule has 0 radical (unpaired) electrons. The molecule has 18 heavy (non-hydrogen) atoms. The standard InChI is InChI=1S/C13H28O4S/c1-2-3-4-5-6-7-10-13(18(15,16)17)11-8-9-12-14/h13-14H,2-12H2,1H3,(H,15,16,17). The zero-order valence-electron chi connectivity index (χ0n) is 11.5. The second-order valence-corrected chi connectivity index (χ2v) is 6.61. The molecule has 0 fully saturated rings. The Labute approximate surface area is 112 Å². The van der Waals surface area contributed by atoms with E-state index in [4.69, 9.17) is 9.66 Å². The van der Waals surface area contributed by atoms with Gasteiger partial charge in [0.25, 0.3) is 10.1 Å². The van der Waals surface area contributed by atoms with E-state index in [9.17, 15) is 8.42 Å². The molecule has 0 aliphatic heterocycles. The molecule has 0 amide bonds. The molecule has 0 saturated carbocycles. The van der Waals surface area contributed by atoms with Gasteiger partial charge >= 0.3 is 0 Å². The summed E-state index contributed by atoms with van der Waals surface area (Å²) in [5.41, 5.74) is 0. The van der Waals surface area contributed by atoms with Gasteiger partial charge in [0.05, 0.1) is 5.25 Å². The molecule has 4 nitrogen and oxygen atoms in total. The fourth-order valence-electron chi connectivity index (χ4n) is 2.08. The summed E-state index contributed by atoms with van der Waals surface area (Å²) < 4.78 is 31.5. The van der Waals surface area contributed by atoms with Crippen molar-refractivity contribution in [3.63, 3.8) is 0 Å². The summed E-state index contributed by atoms with van der Waals surface area (Å²) >= 11 is 0. The van der Waals surface area contributed by atoms with E-state index in [0.29, 0.717) is 25.7 Å². The molecule has 2 N–H and O–H groups in total. The Morgan fingerprint density at radius 1 is 0.889 bits per heavy atom. The third-order valence-electron chi connectivity index (χ3n) is 3.24. The number of unbranched alkanes of at least 4 members (excludes halogenated alkanes) is 6. The van der Waals surface area contributed by atoms with Crippen LogP contribution in [0.4, 0.5) is 0 Å². The van der Waals surface area contributed by atoms with Crippen molar-refractivity contribution >= 4 is 10.1 Å². The fraction of sp³-hybridized carbons (Fsp3) is 1.00. The zero-order valence-corrected chi connectivity index (χ0v) is 12.3. The Bertz CT molecular complexity index is 275. The third-order valence-corrected chi connectivity index (χ3v) is 4.55. The Balaban J connectivity index is 3.81. The molecule has 0 aromatic rings. The van der Waals surface area contributed by atoms with Gasteiger partial charge in [0.15, 0.2) is 0 Å². The molecular weight excluding hydrogens is 252 g/mol. The molecule has 0 rings (SSSR count). The number of aliphatic hydroxyl groups excluding tert-OH is 1. The highest BCUT2D eigenvalue weighted by Gasteiger charge is 2.21. The highest BCUT2D eigenvalue weighted by atomic mass is 32.2. The van der Waals surface area contributed by atoms with Gasteiger partial charge in [0, 0.05) is 6.61 Å². The largest absolute Gasteiger partial charge is 0.396 e. The van der Waals surface area contributed by atoms with Crippen molar-refractivity contribution in [3.8, 4) is 0 Å². The second kappa shape index (κ2) is 10.8. The van der Waals surface area contributed by atoms with Crippen molar-refractivity contribution in [1.82, 2.24) is 0 Å². The molecule has 0 heterocycles. The summed E-state index contributed by atoms with van der Waals surface area (Å²) in [7, 11) is -3.92. The van der Waals surface area contributed by atoms with Gasteiger partial charge in [-0.15, -0.1) is 0 Å². The summed E-state index contributed by atoms with van der Waals surface area (Å²) in [6.45, 7) is 2.24. The highest BCUT2D eigenvalue weighted by Crippen LogP contribution is 2.17. The van der Waals surface area contributed by atoms with Gasteiger partial charge < -0.3 is 5.11 Å². The normalized spacial score (nSPS) is 13.7. The lowest BCUT2D eigenvalue weighted by Crippen LogP contribution is -2.20. The van der Waals surface area contributed by atoms with Gasteiger partial charge in [-0.25, -0.2) is 0 Å². The molecule has 0 bridgehead atoms. The molecule has 0 aromatic carbocycles. The monoisotopic (exact) mass is 280 g/mol. The fourth-order valence-corrected chi connectivity index (χ4v) is 3.01. The molecule has 1 unspecified atom stereocenters. The van der Waals surface area contributed by atoms with Gasteiger partial charge in [-0.3, -0.25) is 4.55 Å². The summed E-state index contributed by atoms with van der Waals surface area (Å²) in [5, 5.41) is 8.02. The second-order valence-electron chi connectivity index (χ2n) is 4.91. The minimum atomic E-state index is -3.92. The molecule has 0 spiro atoms. The Hall–Kier alpha value is -0.130. The number of rotatable bonds is 12. The lowest BCUT2D eigenvalue weighted by molar-refractivity contribution is 0.281. The molecule has 1 atom stereocenters. The first kappa shape index (κ1) is 17.9. The van der Waals surface area contributed by atoms with Crippen molar-refractivity contribution in [1.29, 1.82) is 0 Å². The number of hydrogen-bond donors (Lipinski definition) is 2. The quantitative estimate of drug-likeness (QED) is 0.425. The van der Waals surface area contributed by atoms with Gasteiger partial charge in [-0.1, -0.05) is 45.4 Å². The molecular formula is C13H28O4S. The number of aliphatic hydroxyl groups is 1. The smallest absolute Gasteiger partial charge is 0.267 e. The Morgan fingerprint density at radius 3 is 1.89 bits per heavy atom. The predicted molar refractivity (Wildman–Crippen MR) is 74.3 cm³/mol. The van der Waals surface area contributed by atoms with Crippen LogP contribution < -0.4 is 0 Å².